The first-order valence-corrected chi connectivity index (χ1v) is 4.87. The average molecular weight is 189 g/mol. The number of hydrogen-bond donors (Lipinski definition) is 0. The molecule has 0 aromatic carbocycles. The molecule has 2 rings (SSSR count). The van der Waals surface area contributed by atoms with Crippen LogP contribution in [-0.4, -0.2) is 12.3 Å². The van der Waals surface area contributed by atoms with Crippen LogP contribution in [0.4, 0.5) is 0 Å². The molecule has 0 saturated carbocycles. The van der Waals surface area contributed by atoms with Crippen LogP contribution in [0.1, 0.15) is 26.5 Å². The van der Waals surface area contributed by atoms with E-state index >= 15 is 0 Å². The Morgan fingerprint density at radius 2 is 2.14 bits per heavy atom. The van der Waals surface area contributed by atoms with Gasteiger partial charge in [0.05, 0.1) is 12.8 Å². The summed E-state index contributed by atoms with van der Waals surface area (Å²) < 4.78 is 5.34. The number of nitrogens with zero attached hydrogens (tertiary/aromatic N) is 1. The molecule has 0 radical (unpaired) electrons. The number of furan rings is 1. The zero-order valence-electron chi connectivity index (χ0n) is 8.87. The Labute approximate surface area is 84.3 Å². The Balaban J connectivity index is 2.23. The van der Waals surface area contributed by atoms with Gasteiger partial charge >= 0.3 is 0 Å². The summed E-state index contributed by atoms with van der Waals surface area (Å²) in [6.45, 7) is 7.27. The maximum absolute atomic E-state index is 5.34. The molecule has 0 amide bonds. The first-order chi connectivity index (χ1) is 6.57. The van der Waals surface area contributed by atoms with E-state index in [1.54, 1.807) is 6.26 Å². The van der Waals surface area contributed by atoms with Gasteiger partial charge in [-0.1, -0.05) is 20.8 Å². The maximum Gasteiger partial charge on any atom is 0.131 e. The van der Waals surface area contributed by atoms with Gasteiger partial charge in [0.25, 0.3) is 0 Å². The van der Waals surface area contributed by atoms with Crippen LogP contribution in [0.2, 0.25) is 0 Å². The Morgan fingerprint density at radius 3 is 2.64 bits per heavy atom. The van der Waals surface area contributed by atoms with Gasteiger partial charge in [-0.3, -0.25) is 4.99 Å². The summed E-state index contributed by atoms with van der Waals surface area (Å²) in [6.07, 6.45) is 3.84. The largest absolute Gasteiger partial charge is 0.465 e. The monoisotopic (exact) mass is 189 g/mol. The van der Waals surface area contributed by atoms with E-state index in [9.17, 15) is 0 Å². The van der Waals surface area contributed by atoms with Crippen LogP contribution in [0.3, 0.4) is 0 Å². The highest BCUT2D eigenvalue weighted by atomic mass is 16.3. The number of allylic oxidation sites excluding steroid dienone is 1. The fraction of sp³-hybridized carbons (Fsp3) is 0.417. The summed E-state index contributed by atoms with van der Waals surface area (Å²) >= 11 is 0. The van der Waals surface area contributed by atoms with E-state index in [1.807, 2.05) is 12.1 Å². The summed E-state index contributed by atoms with van der Waals surface area (Å²) in [7, 11) is 0. The van der Waals surface area contributed by atoms with Crippen molar-refractivity contribution in [2.75, 3.05) is 6.54 Å². The smallest absolute Gasteiger partial charge is 0.131 e. The SMILES string of the molecule is CC(C)(C)C1=NCC(c2ccco2)=C1. The van der Waals surface area contributed by atoms with E-state index in [2.05, 4.69) is 31.8 Å². The van der Waals surface area contributed by atoms with Gasteiger partial charge in [-0.2, -0.15) is 0 Å². The molecule has 0 saturated heterocycles. The van der Waals surface area contributed by atoms with Crippen LogP contribution in [0.15, 0.2) is 33.9 Å². The minimum absolute atomic E-state index is 0.133. The predicted octanol–water partition coefficient (Wildman–Crippen LogP) is 3.16. The first kappa shape index (κ1) is 9.25. The van der Waals surface area contributed by atoms with E-state index in [4.69, 9.17) is 4.42 Å². The van der Waals surface area contributed by atoms with Crippen molar-refractivity contribution in [2.24, 2.45) is 10.4 Å². The van der Waals surface area contributed by atoms with Gasteiger partial charge in [-0.15, -0.1) is 0 Å². The standard InChI is InChI=1S/C12H15NO/c1-12(2,3)11-7-9(8-13-11)10-5-4-6-14-10/h4-7H,8H2,1-3H3. The van der Waals surface area contributed by atoms with Crippen LogP contribution in [0.25, 0.3) is 5.57 Å². The third kappa shape index (κ3) is 1.65. The zero-order chi connectivity index (χ0) is 10.2. The van der Waals surface area contributed by atoms with E-state index in [-0.39, 0.29) is 5.41 Å². The van der Waals surface area contributed by atoms with Gasteiger partial charge in [0, 0.05) is 16.7 Å². The summed E-state index contributed by atoms with van der Waals surface area (Å²) in [5.74, 6) is 0.938. The lowest BCUT2D eigenvalue weighted by Gasteiger charge is -2.16. The zero-order valence-corrected chi connectivity index (χ0v) is 8.87. The quantitative estimate of drug-likeness (QED) is 0.666. The molecule has 1 aliphatic heterocycles. The Bertz CT molecular complexity index is 377. The lowest BCUT2D eigenvalue weighted by Crippen LogP contribution is -2.16. The number of hydrogen-bond acceptors (Lipinski definition) is 2. The molecule has 2 heteroatoms. The third-order valence-corrected chi connectivity index (χ3v) is 2.34. The summed E-state index contributed by atoms with van der Waals surface area (Å²) in [4.78, 5) is 4.51. The van der Waals surface area contributed by atoms with Crippen LogP contribution >= 0.6 is 0 Å². The topological polar surface area (TPSA) is 25.5 Å². The molecular formula is C12H15NO. The van der Waals surface area contributed by atoms with Gasteiger partial charge in [0.2, 0.25) is 0 Å². The minimum Gasteiger partial charge on any atom is -0.465 e. The van der Waals surface area contributed by atoms with Gasteiger partial charge in [-0.05, 0) is 18.2 Å². The predicted molar refractivity (Wildman–Crippen MR) is 58.4 cm³/mol. The Hall–Kier alpha value is -1.31. The molecule has 0 spiro atoms. The van der Waals surface area contributed by atoms with E-state index in [1.165, 1.54) is 5.57 Å². The molecular weight excluding hydrogens is 174 g/mol. The van der Waals surface area contributed by atoms with Crippen LogP contribution in [0, 0.1) is 5.41 Å². The second-order valence-corrected chi connectivity index (χ2v) is 4.60. The molecule has 0 unspecified atom stereocenters. The molecule has 2 heterocycles. The second kappa shape index (κ2) is 3.12. The van der Waals surface area contributed by atoms with Gasteiger partial charge in [-0.25, -0.2) is 0 Å². The summed E-state index contributed by atoms with van der Waals surface area (Å²) in [6, 6.07) is 3.89. The van der Waals surface area contributed by atoms with Crippen molar-refractivity contribution in [1.29, 1.82) is 0 Å². The van der Waals surface area contributed by atoms with Crippen molar-refractivity contribution in [3.63, 3.8) is 0 Å². The normalized spacial score (nSPS) is 16.8. The first-order valence-electron chi connectivity index (χ1n) is 4.87. The van der Waals surface area contributed by atoms with Crippen LogP contribution < -0.4 is 0 Å². The van der Waals surface area contributed by atoms with Crippen molar-refractivity contribution < 1.29 is 4.42 Å². The molecule has 2 nitrogen and oxygen atoms in total. The van der Waals surface area contributed by atoms with Gasteiger partial charge in [0.15, 0.2) is 0 Å². The van der Waals surface area contributed by atoms with Crippen molar-refractivity contribution in [3.8, 4) is 0 Å². The van der Waals surface area contributed by atoms with Crippen molar-refractivity contribution >= 4 is 11.3 Å². The third-order valence-electron chi connectivity index (χ3n) is 2.34. The van der Waals surface area contributed by atoms with E-state index in [0.29, 0.717) is 0 Å². The molecule has 0 bridgehead atoms. The van der Waals surface area contributed by atoms with Gasteiger partial charge < -0.3 is 4.42 Å². The highest BCUT2D eigenvalue weighted by Crippen LogP contribution is 2.26. The lowest BCUT2D eigenvalue weighted by molar-refractivity contribution is 0.552. The fourth-order valence-electron chi connectivity index (χ4n) is 1.49. The summed E-state index contributed by atoms with van der Waals surface area (Å²) in [5.41, 5.74) is 2.47. The highest BCUT2D eigenvalue weighted by Gasteiger charge is 2.22. The van der Waals surface area contributed by atoms with Crippen LogP contribution in [-0.2, 0) is 0 Å². The summed E-state index contributed by atoms with van der Waals surface area (Å²) in [5, 5.41) is 0. The lowest BCUT2D eigenvalue weighted by atomic mass is 9.90. The van der Waals surface area contributed by atoms with Crippen LogP contribution in [0.5, 0.6) is 0 Å². The molecule has 14 heavy (non-hydrogen) atoms. The Kier molecular flexibility index (Phi) is 2.06. The van der Waals surface area contributed by atoms with Gasteiger partial charge in [0.1, 0.15) is 5.76 Å². The molecule has 1 aliphatic rings. The molecule has 0 aliphatic carbocycles. The highest BCUT2D eigenvalue weighted by molar-refractivity contribution is 6.07. The molecule has 0 fully saturated rings. The van der Waals surface area contributed by atoms with Crippen molar-refractivity contribution in [2.45, 2.75) is 20.8 Å². The molecule has 0 atom stereocenters. The average Bonchev–Trinajstić information content (AvgIpc) is 2.73. The van der Waals surface area contributed by atoms with E-state index < -0.39 is 0 Å². The molecule has 0 N–H and O–H groups in total. The molecule has 1 aromatic heterocycles. The maximum atomic E-state index is 5.34. The minimum atomic E-state index is 0.133. The molecule has 74 valence electrons. The Morgan fingerprint density at radius 1 is 1.36 bits per heavy atom. The van der Waals surface area contributed by atoms with E-state index in [0.717, 1.165) is 18.0 Å². The number of aliphatic imine (C=N–C) groups is 1. The van der Waals surface area contributed by atoms with Crippen molar-refractivity contribution in [3.05, 3.63) is 30.2 Å². The number of rotatable bonds is 1. The fourth-order valence-corrected chi connectivity index (χ4v) is 1.49. The van der Waals surface area contributed by atoms with Crippen molar-refractivity contribution in [1.82, 2.24) is 0 Å². The molecule has 1 aromatic rings. The second-order valence-electron chi connectivity index (χ2n) is 4.60.